The van der Waals surface area contributed by atoms with Crippen LogP contribution in [0.2, 0.25) is 0 Å². The first-order valence-electron chi connectivity index (χ1n) is 8.29. The predicted molar refractivity (Wildman–Crippen MR) is 97.2 cm³/mol. The second-order valence-corrected chi connectivity index (χ2v) is 6.73. The summed E-state index contributed by atoms with van der Waals surface area (Å²) in [7, 11) is 1.91. The van der Waals surface area contributed by atoms with Gasteiger partial charge in [0.05, 0.1) is 0 Å². The Morgan fingerprint density at radius 1 is 1.09 bits per heavy atom. The van der Waals surface area contributed by atoms with Crippen molar-refractivity contribution in [2.45, 2.75) is 45.6 Å². The molecule has 2 rings (SSSR count). The van der Waals surface area contributed by atoms with Crippen molar-refractivity contribution in [1.82, 2.24) is 15.1 Å². The molecule has 0 aromatic carbocycles. The summed E-state index contributed by atoms with van der Waals surface area (Å²) in [6, 6.07) is 0.776. The number of hydrogen-bond donors (Lipinski definition) is 1. The van der Waals surface area contributed by atoms with Gasteiger partial charge in [0, 0.05) is 44.7 Å². The summed E-state index contributed by atoms with van der Waals surface area (Å²) < 4.78 is 0. The molecule has 1 saturated carbocycles. The van der Waals surface area contributed by atoms with E-state index in [1.807, 2.05) is 14.0 Å². The molecule has 0 radical (unpaired) electrons. The lowest BCUT2D eigenvalue weighted by Gasteiger charge is -2.42. The highest BCUT2D eigenvalue weighted by molar-refractivity contribution is 5.85. The van der Waals surface area contributed by atoms with Gasteiger partial charge in [-0.2, -0.15) is 0 Å². The third kappa shape index (κ3) is 5.88. The summed E-state index contributed by atoms with van der Waals surface area (Å²) >= 11 is 0. The molecule has 1 aliphatic carbocycles. The molecule has 0 aromatic heterocycles. The van der Waals surface area contributed by atoms with Gasteiger partial charge in [0.1, 0.15) is 0 Å². The first-order chi connectivity index (χ1) is 9.61. The van der Waals surface area contributed by atoms with Crippen LogP contribution in [0, 0.1) is 11.8 Å². The van der Waals surface area contributed by atoms with Crippen molar-refractivity contribution in [3.63, 3.8) is 0 Å². The molecule has 132 valence electrons. The van der Waals surface area contributed by atoms with Crippen LogP contribution in [0.4, 0.5) is 0 Å². The summed E-state index contributed by atoms with van der Waals surface area (Å²) in [5.41, 5.74) is 0. The summed E-state index contributed by atoms with van der Waals surface area (Å²) in [6.45, 7) is 9.13. The van der Waals surface area contributed by atoms with Crippen molar-refractivity contribution in [2.75, 3.05) is 39.8 Å². The SMILES string of the molecule is CNCC(C)C(=O)N1CCN(C2CCC(C)CC2)CC1.Cl.Cl. The summed E-state index contributed by atoms with van der Waals surface area (Å²) in [4.78, 5) is 17.0. The van der Waals surface area contributed by atoms with E-state index in [0.29, 0.717) is 5.91 Å². The highest BCUT2D eigenvalue weighted by Crippen LogP contribution is 2.27. The largest absolute Gasteiger partial charge is 0.340 e. The molecule has 1 heterocycles. The van der Waals surface area contributed by atoms with Gasteiger partial charge in [0.25, 0.3) is 0 Å². The van der Waals surface area contributed by atoms with Crippen LogP contribution in [0.15, 0.2) is 0 Å². The van der Waals surface area contributed by atoms with Gasteiger partial charge in [0.2, 0.25) is 5.91 Å². The maximum atomic E-state index is 12.3. The molecule has 0 bridgehead atoms. The average molecular weight is 354 g/mol. The quantitative estimate of drug-likeness (QED) is 0.842. The van der Waals surface area contributed by atoms with Crippen LogP contribution in [-0.4, -0.2) is 61.5 Å². The number of carbonyl (C=O) groups is 1. The van der Waals surface area contributed by atoms with Crippen LogP contribution in [-0.2, 0) is 4.79 Å². The van der Waals surface area contributed by atoms with E-state index in [1.54, 1.807) is 0 Å². The van der Waals surface area contributed by atoms with Crippen LogP contribution in [0.25, 0.3) is 0 Å². The average Bonchev–Trinajstić information content (AvgIpc) is 2.48. The number of rotatable bonds is 4. The Morgan fingerprint density at radius 2 is 1.64 bits per heavy atom. The van der Waals surface area contributed by atoms with Crippen LogP contribution in [0.5, 0.6) is 0 Å². The van der Waals surface area contributed by atoms with Crippen molar-refractivity contribution < 1.29 is 4.79 Å². The number of hydrogen-bond acceptors (Lipinski definition) is 3. The molecule has 22 heavy (non-hydrogen) atoms. The number of nitrogens with zero attached hydrogens (tertiary/aromatic N) is 2. The van der Waals surface area contributed by atoms with Gasteiger partial charge >= 0.3 is 0 Å². The normalized spacial score (nSPS) is 27.5. The lowest BCUT2D eigenvalue weighted by Crippen LogP contribution is -2.54. The molecule has 1 N–H and O–H groups in total. The molecule has 1 atom stereocenters. The standard InChI is InChI=1S/C16H31N3O.2ClH/c1-13-4-6-15(7-5-13)18-8-10-19(11-9-18)16(20)14(2)12-17-3;;/h13-15,17H,4-12H2,1-3H3;2*1H. The number of amides is 1. The van der Waals surface area contributed by atoms with Crippen molar-refractivity contribution in [1.29, 1.82) is 0 Å². The van der Waals surface area contributed by atoms with E-state index in [0.717, 1.165) is 44.7 Å². The number of nitrogens with one attached hydrogen (secondary N) is 1. The van der Waals surface area contributed by atoms with Crippen LogP contribution in [0.1, 0.15) is 39.5 Å². The second kappa shape index (κ2) is 10.7. The van der Waals surface area contributed by atoms with Crippen molar-refractivity contribution in [3.8, 4) is 0 Å². The Balaban J connectivity index is 0.00000220. The van der Waals surface area contributed by atoms with Crippen molar-refractivity contribution in [2.24, 2.45) is 11.8 Å². The number of carbonyl (C=O) groups excluding carboxylic acids is 1. The smallest absolute Gasteiger partial charge is 0.226 e. The Kier molecular flexibility index (Phi) is 10.7. The van der Waals surface area contributed by atoms with Crippen LogP contribution >= 0.6 is 24.8 Å². The van der Waals surface area contributed by atoms with E-state index >= 15 is 0 Å². The van der Waals surface area contributed by atoms with E-state index < -0.39 is 0 Å². The minimum atomic E-state index is 0. The van der Waals surface area contributed by atoms with Gasteiger partial charge in [0.15, 0.2) is 0 Å². The zero-order chi connectivity index (χ0) is 14.5. The molecule has 1 saturated heterocycles. The molecule has 2 aliphatic rings. The van der Waals surface area contributed by atoms with E-state index in [4.69, 9.17) is 0 Å². The zero-order valence-electron chi connectivity index (χ0n) is 14.2. The molecular formula is C16H33Cl2N3O. The monoisotopic (exact) mass is 353 g/mol. The van der Waals surface area contributed by atoms with Gasteiger partial charge < -0.3 is 10.2 Å². The fraction of sp³-hybridized carbons (Fsp3) is 0.938. The maximum absolute atomic E-state index is 12.3. The van der Waals surface area contributed by atoms with Crippen LogP contribution in [0.3, 0.4) is 0 Å². The molecule has 4 nitrogen and oxygen atoms in total. The molecule has 1 amide bonds. The molecule has 0 spiro atoms. The van der Waals surface area contributed by atoms with Gasteiger partial charge in [-0.3, -0.25) is 9.69 Å². The topological polar surface area (TPSA) is 35.6 Å². The predicted octanol–water partition coefficient (Wildman–Crippen LogP) is 2.41. The number of halogens is 2. The Bertz CT molecular complexity index is 315. The third-order valence-corrected chi connectivity index (χ3v) is 5.06. The minimum absolute atomic E-state index is 0. The van der Waals surface area contributed by atoms with Gasteiger partial charge in [-0.05, 0) is 38.6 Å². The molecule has 0 aromatic rings. The molecule has 6 heteroatoms. The maximum Gasteiger partial charge on any atom is 0.226 e. The van der Waals surface area contributed by atoms with Gasteiger partial charge in [-0.25, -0.2) is 0 Å². The van der Waals surface area contributed by atoms with Gasteiger partial charge in [-0.1, -0.05) is 13.8 Å². The molecular weight excluding hydrogens is 321 g/mol. The summed E-state index contributed by atoms with van der Waals surface area (Å²) in [5.74, 6) is 1.33. The molecule has 1 unspecified atom stereocenters. The lowest BCUT2D eigenvalue weighted by molar-refractivity contribution is -0.137. The lowest BCUT2D eigenvalue weighted by atomic mass is 9.86. The fourth-order valence-electron chi connectivity index (χ4n) is 3.62. The van der Waals surface area contributed by atoms with Gasteiger partial charge in [-0.15, -0.1) is 24.8 Å². The van der Waals surface area contributed by atoms with Crippen molar-refractivity contribution >= 4 is 30.7 Å². The first-order valence-corrected chi connectivity index (χ1v) is 8.29. The highest BCUT2D eigenvalue weighted by Gasteiger charge is 2.29. The Labute approximate surface area is 148 Å². The van der Waals surface area contributed by atoms with Crippen molar-refractivity contribution in [3.05, 3.63) is 0 Å². The van der Waals surface area contributed by atoms with E-state index in [1.165, 1.54) is 25.7 Å². The third-order valence-electron chi connectivity index (χ3n) is 5.06. The number of piperazine rings is 1. The van der Waals surface area contributed by atoms with E-state index in [-0.39, 0.29) is 30.7 Å². The highest BCUT2D eigenvalue weighted by atomic mass is 35.5. The van der Waals surface area contributed by atoms with E-state index in [9.17, 15) is 4.79 Å². The summed E-state index contributed by atoms with van der Waals surface area (Å²) in [5, 5.41) is 3.09. The van der Waals surface area contributed by atoms with E-state index in [2.05, 4.69) is 22.0 Å². The Morgan fingerprint density at radius 3 is 2.14 bits per heavy atom. The minimum Gasteiger partial charge on any atom is -0.340 e. The Hall–Kier alpha value is -0.0300. The molecule has 1 aliphatic heterocycles. The summed E-state index contributed by atoms with van der Waals surface area (Å²) in [6.07, 6.45) is 5.46. The van der Waals surface area contributed by atoms with Crippen LogP contribution < -0.4 is 5.32 Å². The first kappa shape index (κ1) is 22.0. The molecule has 2 fully saturated rings. The zero-order valence-corrected chi connectivity index (χ0v) is 15.8. The fourth-order valence-corrected chi connectivity index (χ4v) is 3.62. The second-order valence-electron chi connectivity index (χ2n) is 6.73.